The summed E-state index contributed by atoms with van der Waals surface area (Å²) in [5.41, 5.74) is 1.51. The van der Waals surface area contributed by atoms with Gasteiger partial charge in [-0.05, 0) is 23.6 Å². The van der Waals surface area contributed by atoms with Crippen LogP contribution < -0.4 is 4.74 Å². The van der Waals surface area contributed by atoms with Gasteiger partial charge in [0.15, 0.2) is 0 Å². The number of hydrogen-bond acceptors (Lipinski definition) is 2. The van der Waals surface area contributed by atoms with Crippen molar-refractivity contribution in [3.63, 3.8) is 0 Å². The molecule has 0 amide bonds. The molecule has 1 heterocycles. The highest BCUT2D eigenvalue weighted by Crippen LogP contribution is 2.38. The molecule has 1 aromatic carbocycles. The molecule has 0 aliphatic heterocycles. The van der Waals surface area contributed by atoms with E-state index in [1.807, 2.05) is 13.8 Å². The predicted octanol–water partition coefficient (Wildman–Crippen LogP) is 3.65. The maximum Gasteiger partial charge on any atom is 0.352 e. The van der Waals surface area contributed by atoms with Crippen LogP contribution in [0, 0.1) is 0 Å². The lowest BCUT2D eigenvalue weighted by molar-refractivity contribution is 0.0690. The molecule has 2 aromatic rings. The van der Waals surface area contributed by atoms with E-state index in [2.05, 4.69) is 4.98 Å². The minimum Gasteiger partial charge on any atom is -0.495 e. The highest BCUT2D eigenvalue weighted by Gasteiger charge is 2.23. The van der Waals surface area contributed by atoms with Gasteiger partial charge >= 0.3 is 5.97 Å². The van der Waals surface area contributed by atoms with Crippen LogP contribution in [0.25, 0.3) is 10.9 Å². The molecular formula is C13H14ClNO3. The van der Waals surface area contributed by atoms with Crippen molar-refractivity contribution in [1.82, 2.24) is 4.98 Å². The Bertz CT molecular complexity index is 616. The number of rotatable bonds is 3. The lowest BCUT2D eigenvalue weighted by Gasteiger charge is -2.07. The third-order valence-electron chi connectivity index (χ3n) is 2.92. The number of halogens is 1. The second kappa shape index (κ2) is 4.53. The SMILES string of the molecule is COc1ccc(Cl)c2c(C(C)C)c(C(=O)O)[nH]c12. The Morgan fingerprint density at radius 2 is 2.11 bits per heavy atom. The summed E-state index contributed by atoms with van der Waals surface area (Å²) >= 11 is 6.18. The zero-order valence-electron chi connectivity index (χ0n) is 10.4. The smallest absolute Gasteiger partial charge is 0.352 e. The number of aromatic nitrogens is 1. The quantitative estimate of drug-likeness (QED) is 0.892. The van der Waals surface area contributed by atoms with E-state index in [0.717, 1.165) is 5.39 Å². The summed E-state index contributed by atoms with van der Waals surface area (Å²) in [6.07, 6.45) is 0. The molecule has 18 heavy (non-hydrogen) atoms. The maximum atomic E-state index is 11.3. The molecule has 0 saturated carbocycles. The molecule has 1 aromatic heterocycles. The number of benzene rings is 1. The van der Waals surface area contributed by atoms with Crippen LogP contribution in [0.1, 0.15) is 35.8 Å². The highest BCUT2D eigenvalue weighted by atomic mass is 35.5. The summed E-state index contributed by atoms with van der Waals surface area (Å²) in [4.78, 5) is 14.2. The number of carboxylic acid groups (broad SMARTS) is 1. The molecule has 0 unspecified atom stereocenters. The summed E-state index contributed by atoms with van der Waals surface area (Å²) in [5.74, 6) is -0.355. The van der Waals surface area contributed by atoms with Crippen molar-refractivity contribution in [2.24, 2.45) is 0 Å². The van der Waals surface area contributed by atoms with Crippen LogP contribution in [0.15, 0.2) is 12.1 Å². The highest BCUT2D eigenvalue weighted by molar-refractivity contribution is 6.36. The number of fused-ring (bicyclic) bond motifs is 1. The molecule has 0 aliphatic rings. The minimum absolute atomic E-state index is 0.0504. The molecule has 96 valence electrons. The Morgan fingerprint density at radius 3 is 2.61 bits per heavy atom. The Labute approximate surface area is 110 Å². The second-order valence-electron chi connectivity index (χ2n) is 4.37. The zero-order chi connectivity index (χ0) is 13.4. The van der Waals surface area contributed by atoms with Gasteiger partial charge in [-0.2, -0.15) is 0 Å². The van der Waals surface area contributed by atoms with Gasteiger partial charge in [-0.3, -0.25) is 0 Å². The van der Waals surface area contributed by atoms with Crippen LogP contribution in [-0.2, 0) is 0 Å². The molecule has 0 bridgehead atoms. The Morgan fingerprint density at radius 1 is 1.44 bits per heavy atom. The van der Waals surface area contributed by atoms with Gasteiger partial charge in [0.05, 0.1) is 17.6 Å². The van der Waals surface area contributed by atoms with Gasteiger partial charge in [-0.25, -0.2) is 4.79 Å². The number of ether oxygens (including phenoxy) is 1. The number of aromatic carboxylic acids is 1. The van der Waals surface area contributed by atoms with Gasteiger partial charge in [-0.1, -0.05) is 25.4 Å². The molecule has 0 radical (unpaired) electrons. The van der Waals surface area contributed by atoms with Crippen LogP contribution in [0.2, 0.25) is 5.02 Å². The molecule has 0 fully saturated rings. The molecular weight excluding hydrogens is 254 g/mol. The average molecular weight is 268 g/mol. The topological polar surface area (TPSA) is 62.3 Å². The van der Waals surface area contributed by atoms with Crippen molar-refractivity contribution in [2.45, 2.75) is 19.8 Å². The summed E-state index contributed by atoms with van der Waals surface area (Å²) in [7, 11) is 1.54. The van der Waals surface area contributed by atoms with Crippen molar-refractivity contribution in [3.05, 3.63) is 28.4 Å². The van der Waals surface area contributed by atoms with E-state index in [1.54, 1.807) is 19.2 Å². The van der Waals surface area contributed by atoms with Gasteiger partial charge in [-0.15, -0.1) is 0 Å². The van der Waals surface area contributed by atoms with E-state index in [4.69, 9.17) is 16.3 Å². The van der Waals surface area contributed by atoms with E-state index in [1.165, 1.54) is 0 Å². The molecule has 5 heteroatoms. The Kier molecular flexibility index (Phi) is 3.22. The van der Waals surface area contributed by atoms with Crippen molar-refractivity contribution in [3.8, 4) is 5.75 Å². The zero-order valence-corrected chi connectivity index (χ0v) is 11.1. The van der Waals surface area contributed by atoms with E-state index >= 15 is 0 Å². The minimum atomic E-state index is -0.993. The number of H-pyrrole nitrogens is 1. The molecule has 0 spiro atoms. The fraction of sp³-hybridized carbons (Fsp3) is 0.308. The van der Waals surface area contributed by atoms with Gasteiger partial charge in [0, 0.05) is 5.39 Å². The van der Waals surface area contributed by atoms with Crippen LogP contribution in [-0.4, -0.2) is 23.2 Å². The third kappa shape index (κ3) is 1.82. The number of nitrogens with one attached hydrogen (secondary N) is 1. The van der Waals surface area contributed by atoms with Gasteiger partial charge < -0.3 is 14.8 Å². The average Bonchev–Trinajstić information content (AvgIpc) is 2.71. The standard InChI is InChI=1S/C13H14ClNO3/c1-6(2)9-10-7(14)4-5-8(18-3)11(10)15-12(9)13(16)17/h4-6,15H,1-3H3,(H,16,17). The number of methoxy groups -OCH3 is 1. The van der Waals surface area contributed by atoms with E-state index in [9.17, 15) is 9.90 Å². The van der Waals surface area contributed by atoms with Crippen molar-refractivity contribution < 1.29 is 14.6 Å². The summed E-state index contributed by atoms with van der Waals surface area (Å²) < 4.78 is 5.23. The molecule has 0 aliphatic carbocycles. The molecule has 2 N–H and O–H groups in total. The summed E-state index contributed by atoms with van der Waals surface area (Å²) in [6, 6.07) is 3.44. The van der Waals surface area contributed by atoms with Crippen LogP contribution >= 0.6 is 11.6 Å². The lowest BCUT2D eigenvalue weighted by Crippen LogP contribution is -2.02. The maximum absolute atomic E-state index is 11.3. The monoisotopic (exact) mass is 267 g/mol. The fourth-order valence-electron chi connectivity index (χ4n) is 2.18. The van der Waals surface area contributed by atoms with E-state index in [-0.39, 0.29) is 11.6 Å². The molecule has 0 saturated heterocycles. The molecule has 2 rings (SSSR count). The second-order valence-corrected chi connectivity index (χ2v) is 4.78. The van der Waals surface area contributed by atoms with Crippen molar-refractivity contribution in [1.29, 1.82) is 0 Å². The lowest BCUT2D eigenvalue weighted by atomic mass is 9.99. The normalized spacial score (nSPS) is 11.2. The van der Waals surface area contributed by atoms with Crippen LogP contribution in [0.3, 0.4) is 0 Å². The number of aromatic amines is 1. The first kappa shape index (κ1) is 12.8. The summed E-state index contributed by atoms with van der Waals surface area (Å²) in [6.45, 7) is 3.87. The fourth-order valence-corrected chi connectivity index (χ4v) is 2.44. The van der Waals surface area contributed by atoms with Crippen molar-refractivity contribution >= 4 is 28.5 Å². The first-order valence-electron chi connectivity index (χ1n) is 5.58. The summed E-state index contributed by atoms with van der Waals surface area (Å²) in [5, 5.41) is 10.5. The molecule has 4 nitrogen and oxygen atoms in total. The molecule has 0 atom stereocenters. The number of carbonyl (C=O) groups is 1. The van der Waals surface area contributed by atoms with Crippen molar-refractivity contribution in [2.75, 3.05) is 7.11 Å². The van der Waals surface area contributed by atoms with Gasteiger partial charge in [0.25, 0.3) is 0 Å². The van der Waals surface area contributed by atoms with Crippen LogP contribution in [0.4, 0.5) is 0 Å². The van der Waals surface area contributed by atoms with Gasteiger partial charge in [0.2, 0.25) is 0 Å². The first-order chi connectivity index (χ1) is 8.47. The largest absolute Gasteiger partial charge is 0.495 e. The van der Waals surface area contributed by atoms with E-state index < -0.39 is 5.97 Å². The van der Waals surface area contributed by atoms with E-state index in [0.29, 0.717) is 21.9 Å². The number of hydrogen-bond donors (Lipinski definition) is 2. The Balaban J connectivity index is 2.92. The first-order valence-corrected chi connectivity index (χ1v) is 5.96. The van der Waals surface area contributed by atoms with Crippen LogP contribution in [0.5, 0.6) is 5.75 Å². The predicted molar refractivity (Wildman–Crippen MR) is 70.9 cm³/mol. The Hall–Kier alpha value is -1.68. The number of carboxylic acids is 1. The third-order valence-corrected chi connectivity index (χ3v) is 3.23. The van der Waals surface area contributed by atoms with Gasteiger partial charge in [0.1, 0.15) is 11.4 Å².